The quantitative estimate of drug-likeness (QED) is 0.816. The van der Waals surface area contributed by atoms with E-state index in [4.69, 9.17) is 0 Å². The predicted molar refractivity (Wildman–Crippen MR) is 52.9 cm³/mol. The Balaban J connectivity index is 2.65. The van der Waals surface area contributed by atoms with E-state index in [0.29, 0.717) is 9.37 Å². The molecule has 0 unspecified atom stereocenters. The molecule has 1 aromatic carbocycles. The number of hydrogen-bond acceptors (Lipinski definition) is 2. The van der Waals surface area contributed by atoms with Crippen LogP contribution in [0, 0.1) is 0 Å². The summed E-state index contributed by atoms with van der Waals surface area (Å²) in [7, 11) is 0. The highest BCUT2D eigenvalue weighted by atomic mass is 79.9. The lowest BCUT2D eigenvalue weighted by molar-refractivity contribution is -0.153. The second kappa shape index (κ2) is 4.44. The molecule has 0 aliphatic heterocycles. The number of hydrogen-bond donors (Lipinski definition) is 1. The van der Waals surface area contributed by atoms with E-state index in [1.54, 1.807) is 6.07 Å². The maximum absolute atomic E-state index is 11.8. The minimum atomic E-state index is -4.31. The van der Waals surface area contributed by atoms with Crippen LogP contribution in [-0.2, 0) is 0 Å². The molecule has 1 nitrogen and oxygen atoms in total. The van der Waals surface area contributed by atoms with Gasteiger partial charge in [0.15, 0.2) is 6.61 Å². The van der Waals surface area contributed by atoms with Crippen molar-refractivity contribution in [3.05, 3.63) is 22.7 Å². The average Bonchev–Trinajstić information content (AvgIpc) is 2.06. The van der Waals surface area contributed by atoms with E-state index in [9.17, 15) is 13.2 Å². The number of benzene rings is 1. The third kappa shape index (κ3) is 3.79. The Bertz CT molecular complexity index is 327. The Kier molecular flexibility index (Phi) is 3.71. The lowest BCUT2D eigenvalue weighted by atomic mass is 10.3. The van der Waals surface area contributed by atoms with E-state index in [-0.39, 0.29) is 5.75 Å². The fourth-order valence-electron chi connectivity index (χ4n) is 0.743. The molecule has 0 heterocycles. The molecule has 0 bridgehead atoms. The van der Waals surface area contributed by atoms with Crippen molar-refractivity contribution in [1.82, 2.24) is 0 Å². The second-order valence-corrected chi connectivity index (χ2v) is 3.85. The van der Waals surface area contributed by atoms with Crippen LogP contribution >= 0.6 is 28.6 Å². The van der Waals surface area contributed by atoms with Gasteiger partial charge in [-0.1, -0.05) is 0 Å². The summed E-state index contributed by atoms with van der Waals surface area (Å²) in [4.78, 5) is 0.643. The summed E-state index contributed by atoms with van der Waals surface area (Å²) in [6, 6.07) is 4.42. The van der Waals surface area contributed by atoms with Crippen molar-refractivity contribution >= 4 is 28.6 Å². The van der Waals surface area contributed by atoms with E-state index >= 15 is 0 Å². The van der Waals surface area contributed by atoms with Crippen LogP contribution in [0.4, 0.5) is 13.2 Å². The Labute approximate surface area is 92.8 Å². The van der Waals surface area contributed by atoms with Crippen molar-refractivity contribution in [3.63, 3.8) is 0 Å². The highest BCUT2D eigenvalue weighted by molar-refractivity contribution is 9.10. The van der Waals surface area contributed by atoms with Crippen LogP contribution in [0.1, 0.15) is 0 Å². The monoisotopic (exact) mass is 286 g/mol. The molecule has 0 fully saturated rings. The van der Waals surface area contributed by atoms with Crippen LogP contribution < -0.4 is 4.74 Å². The molecule has 0 saturated heterocycles. The third-order valence-corrected chi connectivity index (χ3v) is 2.67. The van der Waals surface area contributed by atoms with Crippen LogP contribution in [0.5, 0.6) is 5.75 Å². The summed E-state index contributed by atoms with van der Waals surface area (Å²) in [5, 5.41) is 0. The van der Waals surface area contributed by atoms with Gasteiger partial charge in [0.05, 0.1) is 0 Å². The number of alkyl halides is 3. The van der Waals surface area contributed by atoms with Gasteiger partial charge in [-0.25, -0.2) is 0 Å². The van der Waals surface area contributed by atoms with Gasteiger partial charge in [0.2, 0.25) is 0 Å². The molecule has 0 spiro atoms. The minimum Gasteiger partial charge on any atom is -0.484 e. The minimum absolute atomic E-state index is 0.159. The second-order valence-electron chi connectivity index (χ2n) is 2.52. The molecule has 0 aliphatic rings. The molecule has 0 amide bonds. The Hall–Kier alpha value is -0.360. The molecule has 0 N–H and O–H groups in total. The topological polar surface area (TPSA) is 9.23 Å². The summed E-state index contributed by atoms with van der Waals surface area (Å²) in [5.41, 5.74) is 0. The zero-order chi connectivity index (χ0) is 10.8. The van der Waals surface area contributed by atoms with Crippen LogP contribution in [0.3, 0.4) is 0 Å². The lowest BCUT2D eigenvalue weighted by Crippen LogP contribution is -2.19. The fourth-order valence-corrected chi connectivity index (χ4v) is 1.24. The highest BCUT2D eigenvalue weighted by Gasteiger charge is 2.28. The molecule has 0 radical (unpaired) electrons. The zero-order valence-electron chi connectivity index (χ0n) is 6.81. The molecule has 0 atom stereocenters. The molecular formula is C8H6BrF3OS. The van der Waals surface area contributed by atoms with Crippen LogP contribution in [0.2, 0.25) is 0 Å². The molecule has 1 aromatic rings. The fraction of sp³-hybridized carbons (Fsp3) is 0.250. The van der Waals surface area contributed by atoms with Gasteiger partial charge < -0.3 is 4.74 Å². The van der Waals surface area contributed by atoms with E-state index < -0.39 is 12.8 Å². The molecular weight excluding hydrogens is 281 g/mol. The van der Waals surface area contributed by atoms with E-state index in [2.05, 4.69) is 33.3 Å². The van der Waals surface area contributed by atoms with Gasteiger partial charge in [0, 0.05) is 9.37 Å². The Morgan fingerprint density at radius 1 is 1.36 bits per heavy atom. The van der Waals surface area contributed by atoms with Gasteiger partial charge in [-0.3, -0.25) is 0 Å². The van der Waals surface area contributed by atoms with Gasteiger partial charge in [-0.05, 0) is 34.1 Å². The Morgan fingerprint density at radius 2 is 2.00 bits per heavy atom. The smallest absolute Gasteiger partial charge is 0.422 e. The molecule has 0 saturated carbocycles. The van der Waals surface area contributed by atoms with Gasteiger partial charge >= 0.3 is 6.18 Å². The first kappa shape index (κ1) is 11.7. The number of rotatable bonds is 2. The first-order valence-corrected chi connectivity index (χ1v) is 4.80. The van der Waals surface area contributed by atoms with Gasteiger partial charge in [0.25, 0.3) is 0 Å². The van der Waals surface area contributed by atoms with Crippen molar-refractivity contribution < 1.29 is 17.9 Å². The van der Waals surface area contributed by atoms with Crippen molar-refractivity contribution in [3.8, 4) is 5.75 Å². The van der Waals surface area contributed by atoms with E-state index in [1.807, 2.05) is 0 Å². The van der Waals surface area contributed by atoms with E-state index in [1.165, 1.54) is 12.1 Å². The maximum atomic E-state index is 11.8. The zero-order valence-corrected chi connectivity index (χ0v) is 9.29. The molecule has 14 heavy (non-hydrogen) atoms. The first-order valence-electron chi connectivity index (χ1n) is 3.56. The maximum Gasteiger partial charge on any atom is 0.422 e. The van der Waals surface area contributed by atoms with Crippen LogP contribution in [0.25, 0.3) is 0 Å². The largest absolute Gasteiger partial charge is 0.484 e. The van der Waals surface area contributed by atoms with Crippen LogP contribution in [-0.4, -0.2) is 12.8 Å². The first-order chi connectivity index (χ1) is 6.38. The highest BCUT2D eigenvalue weighted by Crippen LogP contribution is 2.26. The van der Waals surface area contributed by atoms with Gasteiger partial charge in [0.1, 0.15) is 5.75 Å². The molecule has 0 aliphatic carbocycles. The molecule has 0 aromatic heterocycles. The average molecular weight is 287 g/mol. The summed E-state index contributed by atoms with van der Waals surface area (Å²) in [6.45, 7) is -1.29. The summed E-state index contributed by atoms with van der Waals surface area (Å²) in [5.74, 6) is 0.159. The number of ether oxygens (including phenoxy) is 1. The number of thiol groups is 1. The molecule has 6 heteroatoms. The van der Waals surface area contributed by atoms with Crippen molar-refractivity contribution in [2.75, 3.05) is 6.61 Å². The number of halogens is 4. The third-order valence-electron chi connectivity index (χ3n) is 1.32. The summed E-state index contributed by atoms with van der Waals surface area (Å²) in [6.07, 6.45) is -4.31. The van der Waals surface area contributed by atoms with Gasteiger partial charge in [-0.15, -0.1) is 12.6 Å². The van der Waals surface area contributed by atoms with Crippen molar-refractivity contribution in [1.29, 1.82) is 0 Å². The molecule has 78 valence electrons. The normalized spacial score (nSPS) is 11.5. The predicted octanol–water partition coefficient (Wildman–Crippen LogP) is 3.68. The van der Waals surface area contributed by atoms with Crippen molar-refractivity contribution in [2.45, 2.75) is 11.1 Å². The van der Waals surface area contributed by atoms with Gasteiger partial charge in [-0.2, -0.15) is 13.2 Å². The van der Waals surface area contributed by atoms with Crippen molar-refractivity contribution in [2.24, 2.45) is 0 Å². The summed E-state index contributed by atoms with van der Waals surface area (Å²) < 4.78 is 40.4. The van der Waals surface area contributed by atoms with E-state index in [0.717, 1.165) is 0 Å². The standard InChI is InChI=1S/C8H6BrF3OS/c9-6-3-5(1-2-7(6)14)13-4-8(10,11)12/h1-3,14H,4H2. The SMILES string of the molecule is FC(F)(F)COc1ccc(S)c(Br)c1. The Morgan fingerprint density at radius 3 is 2.50 bits per heavy atom. The van der Waals surface area contributed by atoms with Crippen LogP contribution in [0.15, 0.2) is 27.6 Å². The lowest BCUT2D eigenvalue weighted by Gasteiger charge is -2.09. The summed E-state index contributed by atoms with van der Waals surface area (Å²) >= 11 is 7.17. The molecule has 1 rings (SSSR count).